The normalized spacial score (nSPS) is 18.7. The number of pyridine rings is 1. The maximum atomic E-state index is 11.7. The minimum Gasteiger partial charge on any atom is -0.344 e. The van der Waals surface area contributed by atoms with Crippen LogP contribution < -0.4 is 5.43 Å². The number of rotatable bonds is 0. The molecule has 1 atom stereocenters. The molecule has 0 aliphatic carbocycles. The first-order valence-electron chi connectivity index (χ1n) is 5.00. The van der Waals surface area contributed by atoms with Gasteiger partial charge < -0.3 is 4.57 Å². The fourth-order valence-corrected chi connectivity index (χ4v) is 2.91. The Morgan fingerprint density at radius 3 is 3.07 bits per heavy atom. The van der Waals surface area contributed by atoms with Crippen LogP contribution in [-0.2, 0) is 6.42 Å². The Hall–Kier alpha value is -1.09. The van der Waals surface area contributed by atoms with Crippen LogP contribution in [0.4, 0.5) is 0 Å². The highest BCUT2D eigenvalue weighted by molar-refractivity contribution is 9.10. The zero-order valence-electron chi connectivity index (χ0n) is 8.33. The molecule has 2 aromatic rings. The van der Waals surface area contributed by atoms with Crippen LogP contribution in [0.3, 0.4) is 0 Å². The molecular formula is C12H10BrNO. The van der Waals surface area contributed by atoms with Crippen LogP contribution in [0.25, 0.3) is 10.9 Å². The molecule has 1 aromatic heterocycles. The van der Waals surface area contributed by atoms with E-state index in [0.29, 0.717) is 6.04 Å². The molecule has 0 saturated heterocycles. The molecule has 0 N–H and O–H groups in total. The summed E-state index contributed by atoms with van der Waals surface area (Å²) in [5.41, 5.74) is 2.49. The quantitative estimate of drug-likeness (QED) is 0.717. The first-order valence-corrected chi connectivity index (χ1v) is 5.79. The lowest BCUT2D eigenvalue weighted by Crippen LogP contribution is -2.06. The number of benzene rings is 1. The van der Waals surface area contributed by atoms with Crippen molar-refractivity contribution in [1.29, 1.82) is 0 Å². The van der Waals surface area contributed by atoms with Crippen LogP contribution >= 0.6 is 15.9 Å². The van der Waals surface area contributed by atoms with Gasteiger partial charge in [-0.3, -0.25) is 4.79 Å². The van der Waals surface area contributed by atoms with Gasteiger partial charge in [0.25, 0.3) is 0 Å². The summed E-state index contributed by atoms with van der Waals surface area (Å²) in [5.74, 6) is 0. The van der Waals surface area contributed by atoms with Crippen molar-refractivity contribution in [3.63, 3.8) is 0 Å². The first-order chi connectivity index (χ1) is 7.16. The van der Waals surface area contributed by atoms with E-state index in [2.05, 4.69) is 33.5 Å². The Morgan fingerprint density at radius 2 is 2.27 bits per heavy atom. The van der Waals surface area contributed by atoms with Crippen molar-refractivity contribution >= 4 is 26.8 Å². The van der Waals surface area contributed by atoms with Crippen LogP contribution in [-0.4, -0.2) is 4.57 Å². The van der Waals surface area contributed by atoms with Crippen molar-refractivity contribution in [2.45, 2.75) is 19.4 Å². The molecule has 0 amide bonds. The summed E-state index contributed by atoms with van der Waals surface area (Å²) in [6.07, 6.45) is 2.92. The summed E-state index contributed by atoms with van der Waals surface area (Å²) in [7, 11) is 0. The number of hydrogen-bond acceptors (Lipinski definition) is 1. The molecule has 76 valence electrons. The van der Waals surface area contributed by atoms with Gasteiger partial charge in [0.15, 0.2) is 5.43 Å². The van der Waals surface area contributed by atoms with Crippen molar-refractivity contribution < 1.29 is 0 Å². The highest BCUT2D eigenvalue weighted by Gasteiger charge is 2.20. The summed E-state index contributed by atoms with van der Waals surface area (Å²) in [6.45, 7) is 2.18. The molecule has 0 radical (unpaired) electrons. The topological polar surface area (TPSA) is 22.0 Å². The third-order valence-corrected chi connectivity index (χ3v) is 3.51. The van der Waals surface area contributed by atoms with Gasteiger partial charge >= 0.3 is 0 Å². The molecular weight excluding hydrogens is 254 g/mol. The van der Waals surface area contributed by atoms with Gasteiger partial charge in [0, 0.05) is 28.2 Å². The van der Waals surface area contributed by atoms with Crippen LogP contribution in [0.2, 0.25) is 0 Å². The van der Waals surface area contributed by atoms with Gasteiger partial charge in [-0.1, -0.05) is 15.9 Å². The highest BCUT2D eigenvalue weighted by Crippen LogP contribution is 2.32. The Labute approximate surface area is 95.7 Å². The molecule has 0 bridgehead atoms. The van der Waals surface area contributed by atoms with Gasteiger partial charge in [0.2, 0.25) is 0 Å². The minimum absolute atomic E-state index is 0.109. The van der Waals surface area contributed by atoms with Crippen LogP contribution in [0.5, 0.6) is 0 Å². The van der Waals surface area contributed by atoms with E-state index in [9.17, 15) is 4.79 Å². The predicted molar refractivity (Wildman–Crippen MR) is 64.3 cm³/mol. The van der Waals surface area contributed by atoms with E-state index in [4.69, 9.17) is 0 Å². The fraction of sp³-hybridized carbons (Fsp3) is 0.250. The van der Waals surface area contributed by atoms with Crippen LogP contribution in [0.15, 0.2) is 33.7 Å². The van der Waals surface area contributed by atoms with E-state index >= 15 is 0 Å². The van der Waals surface area contributed by atoms with Crippen molar-refractivity contribution in [3.8, 4) is 0 Å². The zero-order valence-corrected chi connectivity index (χ0v) is 9.91. The second-order valence-corrected chi connectivity index (χ2v) is 5.02. The zero-order chi connectivity index (χ0) is 10.6. The Balaban J connectivity index is 2.57. The Kier molecular flexibility index (Phi) is 1.80. The third kappa shape index (κ3) is 1.19. The predicted octanol–water partition coefficient (Wildman–Crippen LogP) is 2.88. The maximum absolute atomic E-state index is 11.7. The average Bonchev–Trinajstić information content (AvgIpc) is 2.49. The lowest BCUT2D eigenvalue weighted by atomic mass is 10.1. The fourth-order valence-electron chi connectivity index (χ4n) is 2.40. The van der Waals surface area contributed by atoms with E-state index in [0.717, 1.165) is 21.8 Å². The molecule has 1 aliphatic heterocycles. The smallest absolute Gasteiger partial charge is 0.189 e. The molecule has 15 heavy (non-hydrogen) atoms. The molecule has 0 saturated carbocycles. The molecule has 1 unspecified atom stereocenters. The lowest BCUT2D eigenvalue weighted by Gasteiger charge is -2.08. The summed E-state index contributed by atoms with van der Waals surface area (Å²) < 4.78 is 3.19. The molecule has 2 heterocycles. The molecule has 3 heteroatoms. The summed E-state index contributed by atoms with van der Waals surface area (Å²) in [4.78, 5) is 11.7. The minimum atomic E-state index is 0.109. The molecule has 0 fully saturated rings. The second-order valence-electron chi connectivity index (χ2n) is 4.10. The Morgan fingerprint density at radius 1 is 1.47 bits per heavy atom. The first kappa shape index (κ1) is 9.16. The number of nitrogens with zero attached hydrogens (tertiary/aromatic N) is 1. The molecule has 3 rings (SSSR count). The SMILES string of the molecule is CC1Cc2cc(Br)cc3c(=O)ccn1c23. The second kappa shape index (κ2) is 2.95. The summed E-state index contributed by atoms with van der Waals surface area (Å²) in [5, 5.41) is 0.825. The van der Waals surface area contributed by atoms with Crippen molar-refractivity contribution in [2.24, 2.45) is 0 Å². The van der Waals surface area contributed by atoms with Gasteiger partial charge in [-0.05, 0) is 31.0 Å². The van der Waals surface area contributed by atoms with Crippen molar-refractivity contribution in [3.05, 3.63) is 44.7 Å². The highest BCUT2D eigenvalue weighted by atomic mass is 79.9. The summed E-state index contributed by atoms with van der Waals surface area (Å²) >= 11 is 3.45. The maximum Gasteiger partial charge on any atom is 0.189 e. The molecule has 2 nitrogen and oxygen atoms in total. The summed E-state index contributed by atoms with van der Waals surface area (Å²) in [6, 6.07) is 6.13. The standard InChI is InChI=1S/C12H10BrNO/c1-7-4-8-5-9(13)6-10-11(15)2-3-14(7)12(8)10/h2-3,5-7H,4H2,1H3. The van der Waals surface area contributed by atoms with Gasteiger partial charge in [-0.2, -0.15) is 0 Å². The average molecular weight is 264 g/mol. The van der Waals surface area contributed by atoms with E-state index < -0.39 is 0 Å². The van der Waals surface area contributed by atoms with E-state index in [1.165, 1.54) is 5.56 Å². The third-order valence-electron chi connectivity index (χ3n) is 3.05. The van der Waals surface area contributed by atoms with E-state index in [1.807, 2.05) is 12.3 Å². The monoisotopic (exact) mass is 263 g/mol. The molecule has 1 aromatic carbocycles. The van der Waals surface area contributed by atoms with Crippen molar-refractivity contribution in [2.75, 3.05) is 0 Å². The largest absolute Gasteiger partial charge is 0.344 e. The van der Waals surface area contributed by atoms with Crippen LogP contribution in [0, 0.1) is 0 Å². The number of hydrogen-bond donors (Lipinski definition) is 0. The lowest BCUT2D eigenvalue weighted by molar-refractivity contribution is 0.594. The van der Waals surface area contributed by atoms with E-state index in [1.54, 1.807) is 6.07 Å². The Bertz CT molecular complexity index is 615. The molecule has 1 aliphatic rings. The van der Waals surface area contributed by atoms with Gasteiger partial charge in [0.1, 0.15) is 0 Å². The van der Waals surface area contributed by atoms with Gasteiger partial charge in [0.05, 0.1) is 5.52 Å². The number of halogens is 1. The number of aromatic nitrogens is 1. The van der Waals surface area contributed by atoms with Gasteiger partial charge in [-0.15, -0.1) is 0 Å². The van der Waals surface area contributed by atoms with Gasteiger partial charge in [-0.25, -0.2) is 0 Å². The van der Waals surface area contributed by atoms with Crippen LogP contribution in [0.1, 0.15) is 18.5 Å². The molecule has 0 spiro atoms. The van der Waals surface area contributed by atoms with E-state index in [-0.39, 0.29) is 5.43 Å². The van der Waals surface area contributed by atoms with Crippen molar-refractivity contribution in [1.82, 2.24) is 4.57 Å².